The molecule has 3 aliphatic heterocycles. The summed E-state index contributed by atoms with van der Waals surface area (Å²) in [6.45, 7) is 29.8. The summed E-state index contributed by atoms with van der Waals surface area (Å²) in [5, 5.41) is 0. The Morgan fingerprint density at radius 3 is 1.24 bits per heavy atom. The third kappa shape index (κ3) is 11.9. The van der Waals surface area contributed by atoms with Crippen LogP contribution in [0.5, 0.6) is 17.2 Å². The maximum atomic E-state index is 15.8. The Hall–Kier alpha value is -5.51. The van der Waals surface area contributed by atoms with Crippen LogP contribution in [0.3, 0.4) is 0 Å². The normalized spacial score (nSPS) is 14.9. The van der Waals surface area contributed by atoms with Gasteiger partial charge in [0.2, 0.25) is 0 Å². The highest BCUT2D eigenvalue weighted by molar-refractivity contribution is 9.10. The van der Waals surface area contributed by atoms with Gasteiger partial charge in [0.25, 0.3) is 0 Å². The molecule has 3 aromatic carbocycles. The van der Waals surface area contributed by atoms with Crippen LogP contribution in [0.2, 0.25) is 0 Å². The number of rotatable bonds is 11. The first-order valence-electron chi connectivity index (χ1n) is 26.0. The highest BCUT2D eigenvalue weighted by Crippen LogP contribution is 2.50. The van der Waals surface area contributed by atoms with Crippen LogP contribution in [0.4, 0.5) is 13.2 Å². The monoisotopic (exact) mass is 1100 g/mol. The summed E-state index contributed by atoms with van der Waals surface area (Å²) in [6.07, 6.45) is 2.27. The Morgan fingerprint density at radius 1 is 0.547 bits per heavy atom. The predicted octanol–water partition coefficient (Wildman–Crippen LogP) is 14.3. The van der Waals surface area contributed by atoms with Crippen molar-refractivity contribution in [2.75, 3.05) is 33.0 Å². The summed E-state index contributed by atoms with van der Waals surface area (Å²) in [4.78, 5) is 36.2. The smallest absolute Gasteiger partial charge is 0.340 e. The summed E-state index contributed by atoms with van der Waals surface area (Å²) in [5.74, 6) is -1.55. The van der Waals surface area contributed by atoms with Gasteiger partial charge in [-0.1, -0.05) is 0 Å². The van der Waals surface area contributed by atoms with Crippen molar-refractivity contribution in [1.82, 2.24) is 9.97 Å². The van der Waals surface area contributed by atoms with Crippen LogP contribution < -0.4 is 14.2 Å². The molecular weight excluding hydrogens is 1030 g/mol. The quantitative estimate of drug-likeness (QED) is 0.117. The molecule has 404 valence electrons. The van der Waals surface area contributed by atoms with E-state index < -0.39 is 52.8 Å². The Labute approximate surface area is 448 Å². The lowest BCUT2D eigenvalue weighted by Crippen LogP contribution is -2.30. The third-order valence-electron chi connectivity index (χ3n) is 13.7. The number of fused-ring (bicyclic) bond motifs is 3. The highest BCUT2D eigenvalue weighted by atomic mass is 79.9. The average Bonchev–Trinajstić information content (AvgIpc) is 3.34. The number of ether oxygens (including phenoxy) is 7. The van der Waals surface area contributed by atoms with E-state index in [-0.39, 0.29) is 24.7 Å². The number of aryl methyl sites for hydroxylation is 4. The van der Waals surface area contributed by atoms with Crippen LogP contribution in [0.1, 0.15) is 154 Å². The molecule has 0 bridgehead atoms. The van der Waals surface area contributed by atoms with E-state index in [4.69, 9.17) is 38.1 Å². The molecule has 0 radical (unpaired) electrons. The number of carbonyl (C=O) groups is 2. The molecule has 0 spiro atoms. The fourth-order valence-corrected chi connectivity index (χ4v) is 11.1. The van der Waals surface area contributed by atoms with Gasteiger partial charge in [0.15, 0.2) is 46.9 Å². The lowest BCUT2D eigenvalue weighted by atomic mass is 9.81. The molecule has 0 fully saturated rings. The van der Waals surface area contributed by atoms with Gasteiger partial charge in [-0.05, 0) is 215 Å². The maximum Gasteiger partial charge on any atom is 0.340 e. The maximum absolute atomic E-state index is 15.8. The lowest BCUT2D eigenvalue weighted by Gasteiger charge is -2.31. The summed E-state index contributed by atoms with van der Waals surface area (Å²) >= 11 is 3.67. The van der Waals surface area contributed by atoms with E-state index in [1.807, 2.05) is 90.0 Å². The van der Waals surface area contributed by atoms with Crippen LogP contribution >= 0.6 is 15.9 Å². The minimum absolute atomic E-state index is 0.155. The van der Waals surface area contributed by atoms with Crippen molar-refractivity contribution >= 4 is 27.9 Å². The summed E-state index contributed by atoms with van der Waals surface area (Å²) in [7, 11) is 0. The van der Waals surface area contributed by atoms with E-state index in [9.17, 15) is 9.59 Å². The second-order valence-corrected chi connectivity index (χ2v) is 22.2. The molecule has 2 aromatic heterocycles. The first-order chi connectivity index (χ1) is 35.3. The van der Waals surface area contributed by atoms with Crippen molar-refractivity contribution in [3.63, 3.8) is 0 Å². The molecule has 5 aromatic rings. The number of halogens is 4. The second kappa shape index (κ2) is 23.0. The SMILES string of the molecule is CCOC(=O)[C@@H](OC(C)(C)C)c1c(C)nc(C)c(-c2cc(F)c3c(c2C)CCCO3)c1-c1cc(F)c2c(c1C)CCCO2.CCOC(=O)[C@@H](OC(C)(C)C)c1c(C)nc(C)c(Br)c1-c1cc(F)c2c(c1C)CCCO2. The van der Waals surface area contributed by atoms with Gasteiger partial charge in [-0.3, -0.25) is 9.97 Å². The molecular formula is C60H72BrF3N2O9. The van der Waals surface area contributed by atoms with Gasteiger partial charge >= 0.3 is 11.9 Å². The minimum Gasteiger partial charge on any atom is -0.490 e. The van der Waals surface area contributed by atoms with Crippen molar-refractivity contribution < 1.29 is 55.9 Å². The fraction of sp³-hybridized carbons (Fsp3) is 0.500. The summed E-state index contributed by atoms with van der Waals surface area (Å²) in [6, 6.07) is 4.43. The molecule has 11 nitrogen and oxygen atoms in total. The number of esters is 2. The zero-order valence-corrected chi connectivity index (χ0v) is 47.8. The first kappa shape index (κ1) is 57.2. The van der Waals surface area contributed by atoms with E-state index in [1.165, 1.54) is 18.2 Å². The van der Waals surface area contributed by atoms with Gasteiger partial charge in [-0.15, -0.1) is 0 Å². The molecule has 0 N–H and O–H groups in total. The highest BCUT2D eigenvalue weighted by Gasteiger charge is 2.38. The van der Waals surface area contributed by atoms with Crippen molar-refractivity contribution in [2.24, 2.45) is 0 Å². The number of carbonyl (C=O) groups excluding carboxylic acids is 2. The molecule has 0 saturated heterocycles. The molecule has 3 aliphatic rings. The predicted molar refractivity (Wildman–Crippen MR) is 287 cm³/mol. The molecule has 0 unspecified atom stereocenters. The van der Waals surface area contributed by atoms with Gasteiger partial charge in [0.1, 0.15) is 0 Å². The van der Waals surface area contributed by atoms with Crippen LogP contribution in [-0.2, 0) is 47.8 Å². The molecule has 2 atom stereocenters. The molecule has 8 rings (SSSR count). The van der Waals surface area contributed by atoms with Gasteiger partial charge in [-0.25, -0.2) is 22.8 Å². The molecule has 0 aliphatic carbocycles. The standard InChI is InChI=1S/C35H41F2NO5.C25H31BrFNO4/c1-9-40-34(39)33(43-35(6,7)8)29-21(5)38-20(4)28(24-16-26(36)31-22(18(24)2)12-10-14-41-31)30(29)25-17-27(37)32-23(19(25)3)13-11-15-42-32;1-8-30-24(29)23(32-25(5,6)7)19-14(3)28-15(4)21(26)20(19)17-12-18(27)22-16(13(17)2)10-9-11-31-22/h16-17,33H,9-15H2,1-8H3;12,23H,8-11H2,1-7H3/t33-;23-/m00/s1. The molecule has 0 amide bonds. The van der Waals surface area contributed by atoms with Gasteiger partial charge in [0.05, 0.1) is 49.9 Å². The molecule has 15 heteroatoms. The molecule has 5 heterocycles. The molecule has 75 heavy (non-hydrogen) atoms. The number of benzene rings is 3. The number of hydrogen-bond acceptors (Lipinski definition) is 11. The van der Waals surface area contributed by atoms with Crippen LogP contribution in [0.25, 0.3) is 33.4 Å². The minimum atomic E-state index is -1.16. The van der Waals surface area contributed by atoms with E-state index in [0.29, 0.717) is 104 Å². The average molecular weight is 1100 g/mol. The van der Waals surface area contributed by atoms with Crippen LogP contribution in [-0.4, -0.2) is 66.1 Å². The topological polar surface area (TPSA) is 125 Å². The number of aromatic nitrogens is 2. The van der Waals surface area contributed by atoms with E-state index in [0.717, 1.165) is 64.8 Å². The van der Waals surface area contributed by atoms with Gasteiger partial charge < -0.3 is 33.2 Å². The molecule has 0 saturated carbocycles. The summed E-state index contributed by atoms with van der Waals surface area (Å²) < 4.78 is 88.0. The van der Waals surface area contributed by atoms with Crippen LogP contribution in [0, 0.1) is 65.9 Å². The zero-order valence-electron chi connectivity index (χ0n) is 46.2. The van der Waals surface area contributed by atoms with E-state index >= 15 is 13.2 Å². The van der Waals surface area contributed by atoms with Crippen molar-refractivity contribution in [3.05, 3.63) is 107 Å². The van der Waals surface area contributed by atoms with Crippen molar-refractivity contribution in [1.29, 1.82) is 0 Å². The van der Waals surface area contributed by atoms with Crippen molar-refractivity contribution in [2.45, 2.75) is 166 Å². The number of hydrogen-bond donors (Lipinski definition) is 0. The van der Waals surface area contributed by atoms with Gasteiger partial charge in [-0.2, -0.15) is 0 Å². The van der Waals surface area contributed by atoms with E-state index in [2.05, 4.69) is 20.9 Å². The second-order valence-electron chi connectivity index (χ2n) is 21.4. The first-order valence-corrected chi connectivity index (χ1v) is 26.8. The fourth-order valence-electron chi connectivity index (χ4n) is 10.6. The van der Waals surface area contributed by atoms with E-state index in [1.54, 1.807) is 13.8 Å². The Kier molecular flexibility index (Phi) is 17.5. The van der Waals surface area contributed by atoms with Crippen molar-refractivity contribution in [3.8, 4) is 50.6 Å². The third-order valence-corrected chi connectivity index (χ3v) is 14.7. The lowest BCUT2D eigenvalue weighted by molar-refractivity contribution is -0.167. The number of nitrogens with zero attached hydrogens (tertiary/aromatic N) is 2. The number of pyridine rings is 2. The largest absolute Gasteiger partial charge is 0.490 e. The Balaban J connectivity index is 0.000000229. The summed E-state index contributed by atoms with van der Waals surface area (Å²) in [5.41, 5.74) is 11.1. The van der Waals surface area contributed by atoms with Gasteiger partial charge in [0, 0.05) is 60.5 Å². The zero-order chi connectivity index (χ0) is 55.0. The Morgan fingerprint density at radius 2 is 0.880 bits per heavy atom. The van der Waals surface area contributed by atoms with Crippen LogP contribution in [0.15, 0.2) is 22.7 Å². The Bertz CT molecular complexity index is 3030.